The lowest BCUT2D eigenvalue weighted by molar-refractivity contribution is -0.158. The van der Waals surface area contributed by atoms with Crippen LogP contribution in [-0.4, -0.2) is 37.5 Å². The molecule has 1 saturated heterocycles. The number of carbonyl (C=O) groups is 1. The van der Waals surface area contributed by atoms with Gasteiger partial charge in [-0.15, -0.1) is 0 Å². The quantitative estimate of drug-likeness (QED) is 0.499. The van der Waals surface area contributed by atoms with E-state index in [9.17, 15) is 4.79 Å². The third kappa shape index (κ3) is 3.89. The summed E-state index contributed by atoms with van der Waals surface area (Å²) in [7, 11) is 0. The molecule has 0 N–H and O–H groups in total. The number of ether oxygens (including phenoxy) is 3. The second-order valence-corrected chi connectivity index (χ2v) is 4.19. The van der Waals surface area contributed by atoms with Gasteiger partial charge in [0.25, 0.3) is 0 Å². The molecular weight excluding hydrogens is 196 g/mol. The van der Waals surface area contributed by atoms with Gasteiger partial charge in [0, 0.05) is 6.61 Å². The smallest absolute Gasteiger partial charge is 0.163 e. The molecule has 4 nitrogen and oxygen atoms in total. The molecule has 15 heavy (non-hydrogen) atoms. The number of carbonyl (C=O) groups excluding carboxylic acids is 1. The van der Waals surface area contributed by atoms with E-state index in [1.54, 1.807) is 0 Å². The van der Waals surface area contributed by atoms with Gasteiger partial charge < -0.3 is 19.0 Å². The highest BCUT2D eigenvalue weighted by Crippen LogP contribution is 2.24. The van der Waals surface area contributed by atoms with Crippen molar-refractivity contribution >= 4 is 6.29 Å². The lowest BCUT2D eigenvalue weighted by atomic mass is 10.2. The SMILES string of the molecule is CCCCO[C@@H](C=O)[C@H]1COC(C)(C)O1. The van der Waals surface area contributed by atoms with Crippen molar-refractivity contribution in [3.05, 3.63) is 0 Å². The van der Waals surface area contributed by atoms with Crippen LogP contribution in [0.5, 0.6) is 0 Å². The zero-order chi connectivity index (χ0) is 11.3. The van der Waals surface area contributed by atoms with Gasteiger partial charge in [-0.25, -0.2) is 0 Å². The molecule has 2 atom stereocenters. The predicted octanol–water partition coefficient (Wildman–Crippen LogP) is 1.52. The van der Waals surface area contributed by atoms with E-state index in [1.807, 2.05) is 13.8 Å². The van der Waals surface area contributed by atoms with Crippen molar-refractivity contribution in [3.8, 4) is 0 Å². The van der Waals surface area contributed by atoms with Crippen molar-refractivity contribution in [2.75, 3.05) is 13.2 Å². The van der Waals surface area contributed by atoms with Crippen LogP contribution in [0.4, 0.5) is 0 Å². The van der Waals surface area contributed by atoms with Gasteiger partial charge in [0.2, 0.25) is 0 Å². The highest BCUT2D eigenvalue weighted by Gasteiger charge is 2.37. The Morgan fingerprint density at radius 2 is 2.33 bits per heavy atom. The maximum atomic E-state index is 10.8. The number of hydrogen-bond acceptors (Lipinski definition) is 4. The molecule has 1 rings (SSSR count). The van der Waals surface area contributed by atoms with Crippen LogP contribution in [0.3, 0.4) is 0 Å². The molecule has 0 aromatic rings. The van der Waals surface area contributed by atoms with Gasteiger partial charge in [-0.3, -0.25) is 0 Å². The Labute approximate surface area is 90.9 Å². The molecule has 0 amide bonds. The fourth-order valence-corrected chi connectivity index (χ4v) is 1.48. The largest absolute Gasteiger partial charge is 0.368 e. The van der Waals surface area contributed by atoms with Gasteiger partial charge >= 0.3 is 0 Å². The Morgan fingerprint density at radius 1 is 1.60 bits per heavy atom. The summed E-state index contributed by atoms with van der Waals surface area (Å²) < 4.78 is 16.4. The minimum atomic E-state index is -0.597. The summed E-state index contributed by atoms with van der Waals surface area (Å²) in [6.45, 7) is 6.77. The fraction of sp³-hybridized carbons (Fsp3) is 0.909. The molecule has 0 spiro atoms. The number of hydrogen-bond donors (Lipinski definition) is 0. The van der Waals surface area contributed by atoms with E-state index in [2.05, 4.69) is 6.92 Å². The second kappa shape index (κ2) is 5.58. The van der Waals surface area contributed by atoms with Gasteiger partial charge in [0.1, 0.15) is 12.2 Å². The molecule has 0 radical (unpaired) electrons. The van der Waals surface area contributed by atoms with Crippen LogP contribution in [-0.2, 0) is 19.0 Å². The summed E-state index contributed by atoms with van der Waals surface area (Å²) in [6.07, 6.45) is 2.04. The van der Waals surface area contributed by atoms with E-state index in [4.69, 9.17) is 14.2 Å². The lowest BCUT2D eigenvalue weighted by Gasteiger charge is -2.20. The average molecular weight is 216 g/mol. The van der Waals surface area contributed by atoms with E-state index < -0.39 is 11.9 Å². The van der Waals surface area contributed by atoms with Crippen LogP contribution < -0.4 is 0 Å². The van der Waals surface area contributed by atoms with Gasteiger partial charge in [-0.05, 0) is 20.3 Å². The molecule has 4 heteroatoms. The van der Waals surface area contributed by atoms with Gasteiger partial charge in [-0.2, -0.15) is 0 Å². The number of rotatable bonds is 6. The lowest BCUT2D eigenvalue weighted by Crippen LogP contribution is -2.34. The van der Waals surface area contributed by atoms with Crippen molar-refractivity contribution in [2.24, 2.45) is 0 Å². The summed E-state index contributed by atoms with van der Waals surface area (Å²) in [4.78, 5) is 10.8. The number of unbranched alkanes of at least 4 members (excludes halogenated alkanes) is 1. The number of aldehydes is 1. The van der Waals surface area contributed by atoms with E-state index in [0.717, 1.165) is 19.1 Å². The third-order valence-electron chi connectivity index (χ3n) is 2.34. The molecular formula is C11H20O4. The van der Waals surface area contributed by atoms with E-state index in [0.29, 0.717) is 13.2 Å². The first-order chi connectivity index (χ1) is 7.09. The van der Waals surface area contributed by atoms with E-state index in [1.165, 1.54) is 0 Å². The first-order valence-corrected chi connectivity index (χ1v) is 5.47. The second-order valence-electron chi connectivity index (χ2n) is 4.19. The minimum absolute atomic E-state index is 0.269. The monoisotopic (exact) mass is 216 g/mol. The standard InChI is InChI=1S/C11H20O4/c1-4-5-6-13-9(7-12)10-8-14-11(2,3)15-10/h7,9-10H,4-6,8H2,1-3H3/t9-,10+/m0/s1. The molecule has 0 saturated carbocycles. The maximum Gasteiger partial charge on any atom is 0.163 e. The zero-order valence-corrected chi connectivity index (χ0v) is 9.69. The fourth-order valence-electron chi connectivity index (χ4n) is 1.48. The Morgan fingerprint density at radius 3 is 2.80 bits per heavy atom. The highest BCUT2D eigenvalue weighted by molar-refractivity contribution is 5.57. The van der Waals surface area contributed by atoms with E-state index >= 15 is 0 Å². The molecule has 0 bridgehead atoms. The average Bonchev–Trinajstić information content (AvgIpc) is 2.54. The van der Waals surface area contributed by atoms with Crippen LogP contribution in [0.25, 0.3) is 0 Å². The molecule has 1 aliphatic heterocycles. The highest BCUT2D eigenvalue weighted by atomic mass is 16.7. The third-order valence-corrected chi connectivity index (χ3v) is 2.34. The van der Waals surface area contributed by atoms with Crippen LogP contribution in [0.2, 0.25) is 0 Å². The molecule has 88 valence electrons. The molecule has 1 aliphatic rings. The van der Waals surface area contributed by atoms with Gasteiger partial charge in [0.15, 0.2) is 12.1 Å². The summed E-state index contributed by atoms with van der Waals surface area (Å²) in [5.41, 5.74) is 0. The van der Waals surface area contributed by atoms with Crippen LogP contribution in [0.15, 0.2) is 0 Å². The minimum Gasteiger partial charge on any atom is -0.368 e. The first-order valence-electron chi connectivity index (χ1n) is 5.47. The summed E-state index contributed by atoms with van der Waals surface area (Å²) in [5.74, 6) is -0.597. The summed E-state index contributed by atoms with van der Waals surface area (Å²) in [6, 6.07) is 0. The molecule has 1 heterocycles. The molecule has 0 aliphatic carbocycles. The van der Waals surface area contributed by atoms with Crippen LogP contribution in [0, 0.1) is 0 Å². The molecule has 0 aromatic carbocycles. The Kier molecular flexibility index (Phi) is 4.70. The Bertz CT molecular complexity index is 203. The zero-order valence-electron chi connectivity index (χ0n) is 9.69. The summed E-state index contributed by atoms with van der Waals surface area (Å²) in [5, 5.41) is 0. The first kappa shape index (κ1) is 12.6. The van der Waals surface area contributed by atoms with Crippen molar-refractivity contribution in [1.82, 2.24) is 0 Å². The van der Waals surface area contributed by atoms with E-state index in [-0.39, 0.29) is 6.10 Å². The molecule has 0 unspecified atom stereocenters. The van der Waals surface area contributed by atoms with Crippen LogP contribution in [0.1, 0.15) is 33.6 Å². The van der Waals surface area contributed by atoms with Crippen molar-refractivity contribution < 1.29 is 19.0 Å². The topological polar surface area (TPSA) is 44.8 Å². The Hall–Kier alpha value is -0.450. The molecule has 1 fully saturated rings. The van der Waals surface area contributed by atoms with Crippen molar-refractivity contribution in [1.29, 1.82) is 0 Å². The summed E-state index contributed by atoms with van der Waals surface area (Å²) >= 11 is 0. The van der Waals surface area contributed by atoms with Gasteiger partial charge in [-0.1, -0.05) is 13.3 Å². The van der Waals surface area contributed by atoms with Crippen molar-refractivity contribution in [3.63, 3.8) is 0 Å². The Balaban J connectivity index is 2.35. The van der Waals surface area contributed by atoms with Crippen molar-refractivity contribution in [2.45, 2.75) is 51.6 Å². The van der Waals surface area contributed by atoms with Gasteiger partial charge in [0.05, 0.1) is 6.61 Å². The van der Waals surface area contributed by atoms with Crippen LogP contribution >= 0.6 is 0 Å². The molecule has 0 aromatic heterocycles. The maximum absolute atomic E-state index is 10.8. The normalized spacial score (nSPS) is 26.5. The predicted molar refractivity (Wildman–Crippen MR) is 55.6 cm³/mol.